The standard InChI is InChI=1S/C34H40N4O8/c1-16-19-9-10-20(36-18-11-13-38(14-12-18)15-17-7-5-4-6-8-17)27(39)22(19)28(40)23-21(16)29(41)25-26(37(2)3)30(42)24(33(35)45)32(44)34(25,46)31(23)43/h4-10,16,18,21,25-26,29,36,39-41,44,46H,11-15H2,1-3H3,(H2,35,45)/t16-,21-,25-,26+,29+,34+/m0/s1. The molecule has 0 unspecified atom stereocenters. The lowest BCUT2D eigenvalue weighted by atomic mass is 9.54. The number of nitrogens with zero attached hydrogens (tertiary/aromatic N) is 2. The Morgan fingerprint density at radius 3 is 2.33 bits per heavy atom. The van der Waals surface area contributed by atoms with Gasteiger partial charge >= 0.3 is 0 Å². The third-order valence-electron chi connectivity index (χ3n) is 10.3. The maximum Gasteiger partial charge on any atom is 0.255 e. The van der Waals surface area contributed by atoms with Crippen molar-refractivity contribution in [3.05, 3.63) is 76.1 Å². The summed E-state index contributed by atoms with van der Waals surface area (Å²) < 4.78 is 0. The van der Waals surface area contributed by atoms with Crippen LogP contribution in [0.5, 0.6) is 5.75 Å². The number of hydrogen-bond acceptors (Lipinski definition) is 11. The number of phenols is 1. The van der Waals surface area contributed by atoms with E-state index in [2.05, 4.69) is 22.3 Å². The van der Waals surface area contributed by atoms with E-state index in [9.17, 15) is 39.9 Å². The molecule has 0 radical (unpaired) electrons. The molecule has 0 spiro atoms. The Kier molecular flexibility index (Phi) is 7.96. The average Bonchev–Trinajstić information content (AvgIpc) is 3.01. The number of aliphatic hydroxyl groups excluding tert-OH is 3. The van der Waals surface area contributed by atoms with Crippen LogP contribution in [-0.2, 0) is 20.9 Å². The normalized spacial score (nSPS) is 30.3. The molecule has 1 aliphatic heterocycles. The maximum atomic E-state index is 14.2. The molecule has 12 heteroatoms. The first kappa shape index (κ1) is 31.7. The zero-order chi connectivity index (χ0) is 33.2. The molecule has 6 atom stereocenters. The SMILES string of the molecule is C[C@H]1c2ccc(NC3CCN(Cc4ccccc4)CC3)c(O)c2C(O)=C2C(=O)[C@@]3(O)C(O)=C(C(N)=O)C(=O)[C@H](N(C)C)[C@H]3[C@H](O)[C@H]21. The number of rotatable bonds is 6. The molecule has 1 heterocycles. The lowest BCUT2D eigenvalue weighted by Gasteiger charge is -2.53. The van der Waals surface area contributed by atoms with Crippen LogP contribution in [0.15, 0.2) is 59.4 Å². The third-order valence-corrected chi connectivity index (χ3v) is 10.3. The largest absolute Gasteiger partial charge is 0.508 e. The second-order valence-corrected chi connectivity index (χ2v) is 13.2. The molecule has 6 rings (SSSR count). The Morgan fingerprint density at radius 1 is 1.07 bits per heavy atom. The van der Waals surface area contributed by atoms with Gasteiger partial charge in [-0.25, -0.2) is 0 Å². The molecule has 12 nitrogen and oxygen atoms in total. The quantitative estimate of drug-likeness (QED) is 0.180. The summed E-state index contributed by atoms with van der Waals surface area (Å²) in [5.74, 6) is -9.00. The lowest BCUT2D eigenvalue weighted by Crippen LogP contribution is -2.70. The number of nitrogens with two attached hydrogens (primary N) is 1. The molecule has 4 aliphatic rings. The minimum absolute atomic E-state index is 0.0255. The van der Waals surface area contributed by atoms with Gasteiger partial charge in [0.05, 0.1) is 29.3 Å². The highest BCUT2D eigenvalue weighted by molar-refractivity contribution is 6.24. The number of primary amides is 1. The first-order valence-corrected chi connectivity index (χ1v) is 15.5. The Hall–Kier alpha value is -4.23. The topological polar surface area (TPSA) is 197 Å². The van der Waals surface area contributed by atoms with E-state index in [1.165, 1.54) is 24.6 Å². The van der Waals surface area contributed by atoms with Crippen LogP contribution < -0.4 is 11.1 Å². The highest BCUT2D eigenvalue weighted by atomic mass is 16.4. The van der Waals surface area contributed by atoms with Gasteiger partial charge in [0.25, 0.3) is 5.91 Å². The Morgan fingerprint density at radius 2 is 1.72 bits per heavy atom. The second-order valence-electron chi connectivity index (χ2n) is 13.2. The van der Waals surface area contributed by atoms with E-state index in [1.54, 1.807) is 19.1 Å². The summed E-state index contributed by atoms with van der Waals surface area (Å²) in [6.45, 7) is 4.25. The number of likely N-dealkylation sites (tertiary alicyclic amines) is 1. The van der Waals surface area contributed by atoms with Crippen LogP contribution in [0.4, 0.5) is 5.69 Å². The molecule has 244 valence electrons. The van der Waals surface area contributed by atoms with Crippen molar-refractivity contribution in [1.29, 1.82) is 0 Å². The van der Waals surface area contributed by atoms with Crippen molar-refractivity contribution < 1.29 is 39.9 Å². The van der Waals surface area contributed by atoms with E-state index in [0.717, 1.165) is 32.5 Å². The fourth-order valence-electron chi connectivity index (χ4n) is 8.03. The van der Waals surface area contributed by atoms with Crippen molar-refractivity contribution in [1.82, 2.24) is 9.80 Å². The fourth-order valence-corrected chi connectivity index (χ4v) is 8.03. The van der Waals surface area contributed by atoms with Crippen LogP contribution in [0.3, 0.4) is 0 Å². The van der Waals surface area contributed by atoms with Gasteiger partial charge in [-0.3, -0.25) is 24.2 Å². The van der Waals surface area contributed by atoms with Crippen molar-refractivity contribution in [3.63, 3.8) is 0 Å². The smallest absolute Gasteiger partial charge is 0.255 e. The van der Waals surface area contributed by atoms with Gasteiger partial charge in [-0.2, -0.15) is 0 Å². The van der Waals surface area contributed by atoms with Gasteiger partial charge in [0, 0.05) is 37.2 Å². The summed E-state index contributed by atoms with van der Waals surface area (Å²) >= 11 is 0. The molecule has 0 aromatic heterocycles. The highest BCUT2D eigenvalue weighted by Gasteiger charge is 2.68. The van der Waals surface area contributed by atoms with Gasteiger partial charge in [0.15, 0.2) is 11.4 Å². The predicted molar refractivity (Wildman–Crippen MR) is 169 cm³/mol. The van der Waals surface area contributed by atoms with E-state index >= 15 is 0 Å². The van der Waals surface area contributed by atoms with E-state index in [-0.39, 0.29) is 17.4 Å². The van der Waals surface area contributed by atoms with Gasteiger partial charge in [-0.15, -0.1) is 0 Å². The number of likely N-dealkylation sites (N-methyl/N-ethyl adjacent to an activating group) is 1. The van der Waals surface area contributed by atoms with Crippen molar-refractivity contribution in [2.75, 3.05) is 32.5 Å². The summed E-state index contributed by atoms with van der Waals surface area (Å²) in [5.41, 5.74) is 3.13. The van der Waals surface area contributed by atoms with Crippen molar-refractivity contribution >= 4 is 28.9 Å². The van der Waals surface area contributed by atoms with Crippen LogP contribution in [0, 0.1) is 11.8 Å². The summed E-state index contributed by atoms with van der Waals surface area (Å²) in [5, 5.41) is 61.2. The first-order valence-electron chi connectivity index (χ1n) is 15.5. The molecule has 1 saturated heterocycles. The van der Waals surface area contributed by atoms with Gasteiger partial charge in [-0.1, -0.05) is 43.3 Å². The number of amides is 1. The summed E-state index contributed by atoms with van der Waals surface area (Å²) in [7, 11) is 2.95. The molecule has 2 aromatic rings. The number of carbonyl (C=O) groups is 3. The molecule has 3 aliphatic carbocycles. The van der Waals surface area contributed by atoms with Crippen molar-refractivity contribution in [2.24, 2.45) is 17.6 Å². The minimum atomic E-state index is -2.94. The number of carbonyl (C=O) groups excluding carboxylic acids is 3. The van der Waals surface area contributed by atoms with E-state index < -0.39 is 75.6 Å². The van der Waals surface area contributed by atoms with E-state index in [1.807, 2.05) is 18.2 Å². The van der Waals surface area contributed by atoms with Crippen LogP contribution in [-0.4, -0.2) is 104 Å². The number of fused-ring (bicyclic) bond motifs is 3. The maximum absolute atomic E-state index is 14.2. The van der Waals surface area contributed by atoms with Crippen molar-refractivity contribution in [3.8, 4) is 5.75 Å². The van der Waals surface area contributed by atoms with Gasteiger partial charge in [-0.05, 0) is 50.0 Å². The minimum Gasteiger partial charge on any atom is -0.508 e. The number of phenolic OH excluding ortho intramolecular Hbond substituents is 1. The molecule has 0 bridgehead atoms. The van der Waals surface area contributed by atoms with Crippen LogP contribution in [0.1, 0.15) is 42.4 Å². The molecule has 2 fully saturated rings. The number of nitrogens with one attached hydrogen (secondary N) is 1. The molecule has 8 N–H and O–H groups in total. The lowest BCUT2D eigenvalue weighted by molar-refractivity contribution is -0.169. The monoisotopic (exact) mass is 632 g/mol. The molecular formula is C34H40N4O8. The summed E-state index contributed by atoms with van der Waals surface area (Å²) in [6.07, 6.45) is -0.00169. The molecular weight excluding hydrogens is 592 g/mol. The number of ketones is 2. The molecule has 1 amide bonds. The Labute approximate surface area is 266 Å². The summed E-state index contributed by atoms with van der Waals surface area (Å²) in [4.78, 5) is 43.5. The number of Topliss-reactive ketones (excluding diaryl/α,β-unsaturated/α-hetero) is 2. The first-order chi connectivity index (χ1) is 21.8. The Balaban J connectivity index is 1.34. The average molecular weight is 633 g/mol. The zero-order valence-electron chi connectivity index (χ0n) is 26.0. The molecule has 2 aromatic carbocycles. The number of benzene rings is 2. The van der Waals surface area contributed by atoms with E-state index in [4.69, 9.17) is 5.73 Å². The molecule has 46 heavy (non-hydrogen) atoms. The van der Waals surface area contributed by atoms with Crippen LogP contribution in [0.25, 0.3) is 5.76 Å². The second kappa shape index (κ2) is 11.5. The van der Waals surface area contributed by atoms with Gasteiger partial charge < -0.3 is 36.6 Å². The number of hydrogen-bond donors (Lipinski definition) is 7. The van der Waals surface area contributed by atoms with Crippen LogP contribution >= 0.6 is 0 Å². The number of piperidine rings is 1. The summed E-state index contributed by atoms with van der Waals surface area (Å²) in [6, 6.07) is 12.3. The van der Waals surface area contributed by atoms with Gasteiger partial charge in [0.1, 0.15) is 22.8 Å². The third kappa shape index (κ3) is 4.70. The number of anilines is 1. The van der Waals surface area contributed by atoms with Gasteiger partial charge in [0.2, 0.25) is 5.78 Å². The predicted octanol–water partition coefficient (Wildman–Crippen LogP) is 1.57. The van der Waals surface area contributed by atoms with E-state index in [0.29, 0.717) is 11.3 Å². The van der Waals surface area contributed by atoms with Crippen molar-refractivity contribution in [2.45, 2.75) is 56.0 Å². The fraction of sp³-hybridized carbons (Fsp3) is 0.441. The molecule has 1 saturated carbocycles. The Bertz CT molecular complexity index is 1660. The highest BCUT2D eigenvalue weighted by Crippen LogP contribution is 2.56. The number of aliphatic hydroxyl groups is 4. The van der Waals surface area contributed by atoms with Crippen LogP contribution in [0.2, 0.25) is 0 Å². The number of aromatic hydroxyl groups is 1. The zero-order valence-corrected chi connectivity index (χ0v) is 26.0.